The minimum absolute atomic E-state index is 0.108. The lowest BCUT2D eigenvalue weighted by molar-refractivity contribution is -0.144. The van der Waals surface area contributed by atoms with Crippen LogP contribution in [0.15, 0.2) is 10.2 Å². The summed E-state index contributed by atoms with van der Waals surface area (Å²) in [5.74, 6) is -0.542. The molecule has 1 saturated heterocycles. The van der Waals surface area contributed by atoms with E-state index in [1.54, 1.807) is 0 Å². The SMILES string of the molecule is CCC1(CCC/C=C/[125I])C(=O)NC(=S)NC1=O. The highest BCUT2D eigenvalue weighted by molar-refractivity contribution is 14.1. The summed E-state index contributed by atoms with van der Waals surface area (Å²) in [7, 11) is 0. The summed E-state index contributed by atoms with van der Waals surface area (Å²) >= 11 is 6.94. The predicted octanol–water partition coefficient (Wildman–Crippen LogP) is 2.03. The van der Waals surface area contributed by atoms with E-state index in [2.05, 4.69) is 33.2 Å². The van der Waals surface area contributed by atoms with Crippen molar-refractivity contribution in [2.75, 3.05) is 0 Å². The van der Waals surface area contributed by atoms with Crippen LogP contribution in [0.4, 0.5) is 0 Å². The molecule has 2 N–H and O–H groups in total. The number of carbonyl (C=O) groups is 2. The van der Waals surface area contributed by atoms with Gasteiger partial charge in [0, 0.05) is 0 Å². The van der Waals surface area contributed by atoms with Crippen molar-refractivity contribution in [3.8, 4) is 0 Å². The maximum atomic E-state index is 12.0. The lowest BCUT2D eigenvalue weighted by atomic mass is 9.77. The first-order chi connectivity index (χ1) is 8.06. The number of amides is 2. The molecule has 1 rings (SSSR count). The molecule has 0 aromatic carbocycles. The van der Waals surface area contributed by atoms with Crippen LogP contribution in [-0.2, 0) is 9.59 Å². The highest BCUT2D eigenvalue weighted by atomic mass is 125. The maximum Gasteiger partial charge on any atom is 0.241 e. The monoisotopic (exact) mass is 364 g/mol. The number of thiocarbonyl (C=S) groups is 1. The van der Waals surface area contributed by atoms with Gasteiger partial charge in [0.2, 0.25) is 11.8 Å². The van der Waals surface area contributed by atoms with Gasteiger partial charge < -0.3 is 10.6 Å². The molecular formula is C11H15IN2O2S. The number of nitrogens with one attached hydrogen (secondary N) is 2. The predicted molar refractivity (Wildman–Crippen MR) is 78.6 cm³/mol. The van der Waals surface area contributed by atoms with Gasteiger partial charge in [-0.3, -0.25) is 9.59 Å². The van der Waals surface area contributed by atoms with E-state index in [1.165, 1.54) is 0 Å². The third-order valence-corrected chi connectivity index (χ3v) is 3.70. The van der Waals surface area contributed by atoms with Crippen molar-refractivity contribution in [3.63, 3.8) is 0 Å². The van der Waals surface area contributed by atoms with Gasteiger partial charge in [-0.05, 0) is 42.0 Å². The summed E-state index contributed by atoms with van der Waals surface area (Å²) in [6.07, 6.45) is 4.73. The Bertz CT molecular complexity index is 348. The first-order valence-electron chi connectivity index (χ1n) is 5.49. The molecule has 0 spiro atoms. The van der Waals surface area contributed by atoms with E-state index in [0.29, 0.717) is 12.8 Å². The fourth-order valence-electron chi connectivity index (χ4n) is 1.89. The van der Waals surface area contributed by atoms with E-state index in [0.717, 1.165) is 12.8 Å². The largest absolute Gasteiger partial charge is 0.302 e. The smallest absolute Gasteiger partial charge is 0.241 e. The van der Waals surface area contributed by atoms with Gasteiger partial charge in [-0.1, -0.05) is 35.6 Å². The summed E-state index contributed by atoms with van der Waals surface area (Å²) in [5.41, 5.74) is -0.957. The molecule has 0 aliphatic carbocycles. The van der Waals surface area contributed by atoms with Crippen LogP contribution in [0.5, 0.6) is 0 Å². The van der Waals surface area contributed by atoms with Gasteiger partial charge in [0.25, 0.3) is 0 Å². The molecule has 1 aliphatic rings. The lowest BCUT2D eigenvalue weighted by Gasteiger charge is -2.34. The van der Waals surface area contributed by atoms with Crippen molar-refractivity contribution in [1.82, 2.24) is 10.6 Å². The molecule has 0 saturated carbocycles. The fraction of sp³-hybridized carbons (Fsp3) is 0.545. The van der Waals surface area contributed by atoms with Gasteiger partial charge in [0.15, 0.2) is 5.11 Å². The number of halogens is 1. The highest BCUT2D eigenvalue weighted by Crippen LogP contribution is 2.31. The Hall–Kier alpha value is -0.500. The van der Waals surface area contributed by atoms with E-state index < -0.39 is 5.41 Å². The zero-order valence-corrected chi connectivity index (χ0v) is 12.6. The molecule has 2 amide bonds. The minimum atomic E-state index is -0.957. The third-order valence-electron chi connectivity index (χ3n) is 2.99. The molecule has 17 heavy (non-hydrogen) atoms. The Balaban J connectivity index is 2.75. The van der Waals surface area contributed by atoms with E-state index in [-0.39, 0.29) is 16.9 Å². The van der Waals surface area contributed by atoms with E-state index in [9.17, 15) is 9.59 Å². The molecule has 6 heteroatoms. The number of unbranched alkanes of at least 4 members (excludes halogenated alkanes) is 1. The third kappa shape index (κ3) is 3.25. The van der Waals surface area contributed by atoms with Crippen LogP contribution < -0.4 is 10.6 Å². The molecule has 0 bridgehead atoms. The summed E-state index contributed by atoms with van der Waals surface area (Å²) in [6.45, 7) is 1.85. The van der Waals surface area contributed by atoms with Crippen molar-refractivity contribution in [3.05, 3.63) is 10.2 Å². The van der Waals surface area contributed by atoms with Crippen LogP contribution in [0.25, 0.3) is 0 Å². The molecule has 4 nitrogen and oxygen atoms in total. The number of rotatable bonds is 5. The first-order valence-corrected chi connectivity index (χ1v) is 7.14. The van der Waals surface area contributed by atoms with Gasteiger partial charge in [-0.2, -0.15) is 0 Å². The lowest BCUT2D eigenvalue weighted by Crippen LogP contribution is -2.62. The second kappa shape index (κ2) is 6.44. The first kappa shape index (κ1) is 14.6. The Morgan fingerprint density at radius 2 is 1.94 bits per heavy atom. The van der Waals surface area contributed by atoms with E-state index in [4.69, 9.17) is 12.2 Å². The normalized spacial score (nSPS) is 19.3. The Morgan fingerprint density at radius 3 is 2.41 bits per heavy atom. The van der Waals surface area contributed by atoms with Crippen LogP contribution in [0, 0.1) is 5.41 Å². The average molecular weight is 364 g/mol. The van der Waals surface area contributed by atoms with E-state index in [1.807, 2.05) is 17.1 Å². The van der Waals surface area contributed by atoms with Crippen molar-refractivity contribution in [2.45, 2.75) is 32.6 Å². The molecule has 0 unspecified atom stereocenters. The average Bonchev–Trinajstić information content (AvgIpc) is 2.27. The summed E-state index contributed by atoms with van der Waals surface area (Å²) in [5, 5.41) is 5.17. The number of hydrogen-bond acceptors (Lipinski definition) is 3. The van der Waals surface area contributed by atoms with Crippen LogP contribution in [0.2, 0.25) is 0 Å². The molecule has 0 radical (unpaired) electrons. The van der Waals surface area contributed by atoms with Crippen molar-refractivity contribution < 1.29 is 9.59 Å². The molecule has 1 aliphatic heterocycles. The second-order valence-electron chi connectivity index (χ2n) is 3.93. The number of carbonyl (C=O) groups excluding carboxylic acids is 2. The standard InChI is InChI=1S/C11H15IN2O2S/c1-2-11(6-4-3-5-7-12)8(15)13-10(17)14-9(11)16/h5,7H,2-4,6H2,1H3,(H2,13,14,15,16,17)/b7-5+/i12-2. The summed E-state index contributed by atoms with van der Waals surface area (Å²) in [4.78, 5) is 23.9. The minimum Gasteiger partial charge on any atom is -0.302 e. The quantitative estimate of drug-likeness (QED) is 0.340. The Kier molecular flexibility index (Phi) is 5.51. The molecule has 1 fully saturated rings. The highest BCUT2D eigenvalue weighted by Gasteiger charge is 2.47. The van der Waals surface area contributed by atoms with Crippen molar-refractivity contribution >= 4 is 51.7 Å². The van der Waals surface area contributed by atoms with Gasteiger partial charge in [-0.25, -0.2) is 0 Å². The molecular weight excluding hydrogens is 349 g/mol. The Labute approximate surface area is 120 Å². The van der Waals surface area contributed by atoms with Gasteiger partial charge in [0.05, 0.1) is 0 Å². The van der Waals surface area contributed by atoms with Crippen LogP contribution >= 0.6 is 34.8 Å². The molecule has 0 aromatic rings. The van der Waals surface area contributed by atoms with Gasteiger partial charge >= 0.3 is 0 Å². The molecule has 94 valence electrons. The van der Waals surface area contributed by atoms with Gasteiger partial charge in [-0.15, -0.1) is 0 Å². The maximum absolute atomic E-state index is 12.0. The zero-order valence-electron chi connectivity index (χ0n) is 9.59. The summed E-state index contributed by atoms with van der Waals surface area (Å²) < 4.78 is 1.94. The van der Waals surface area contributed by atoms with Crippen molar-refractivity contribution in [1.29, 1.82) is 0 Å². The zero-order chi connectivity index (χ0) is 12.9. The van der Waals surface area contributed by atoms with Crippen LogP contribution in [-0.4, -0.2) is 16.9 Å². The molecule has 0 aromatic heterocycles. The van der Waals surface area contributed by atoms with Crippen LogP contribution in [0.3, 0.4) is 0 Å². The van der Waals surface area contributed by atoms with Gasteiger partial charge in [0.1, 0.15) is 5.41 Å². The van der Waals surface area contributed by atoms with Crippen molar-refractivity contribution in [2.24, 2.45) is 5.41 Å². The topological polar surface area (TPSA) is 58.2 Å². The summed E-state index contributed by atoms with van der Waals surface area (Å²) in [6, 6.07) is 0. The van der Waals surface area contributed by atoms with E-state index >= 15 is 0 Å². The van der Waals surface area contributed by atoms with Crippen LogP contribution in [0.1, 0.15) is 32.6 Å². The molecule has 1 heterocycles. The number of allylic oxidation sites excluding steroid dienone is 1. The number of hydrogen-bond donors (Lipinski definition) is 2. The fourth-order valence-corrected chi connectivity index (χ4v) is 2.43. The second-order valence-corrected chi connectivity index (χ2v) is 5.05. The molecule has 0 atom stereocenters. The Morgan fingerprint density at radius 1 is 1.35 bits per heavy atom.